The number of fused-ring (bicyclic) bond motifs is 1. The summed E-state index contributed by atoms with van der Waals surface area (Å²) in [6.07, 6.45) is 3.11. The molecule has 5 heteroatoms. The molecule has 4 rings (SSSR count). The van der Waals surface area contributed by atoms with Crippen molar-refractivity contribution >= 4 is 22.6 Å². The highest BCUT2D eigenvalue weighted by Gasteiger charge is 2.17. The van der Waals surface area contributed by atoms with Gasteiger partial charge in [0.05, 0.1) is 0 Å². The molecule has 0 spiro atoms. The van der Waals surface area contributed by atoms with E-state index in [9.17, 15) is 4.79 Å². The summed E-state index contributed by atoms with van der Waals surface area (Å²) in [7, 11) is 0. The third kappa shape index (κ3) is 5.38. The lowest BCUT2D eigenvalue weighted by Gasteiger charge is -2.17. The highest BCUT2D eigenvalue weighted by atomic mass is 16.3. The number of aryl methyl sites for hydroxylation is 2. The Morgan fingerprint density at radius 2 is 1.73 bits per heavy atom. The number of nitrogens with zero attached hydrogens (tertiary/aromatic N) is 1. The molecule has 0 aliphatic heterocycles. The Morgan fingerprint density at radius 1 is 1.03 bits per heavy atom. The molecule has 168 valence electrons. The number of aromatic nitrogens is 1. The Labute approximate surface area is 194 Å². The summed E-state index contributed by atoms with van der Waals surface area (Å²) < 4.78 is 6.08. The van der Waals surface area contributed by atoms with Crippen LogP contribution in [0.4, 0.5) is 0 Å². The van der Waals surface area contributed by atoms with Crippen molar-refractivity contribution in [1.82, 2.24) is 10.4 Å². The molecular weight excluding hydrogens is 410 g/mol. The molecule has 1 heterocycles. The molecular formula is C28H29N3O2. The highest BCUT2D eigenvalue weighted by Crippen LogP contribution is 2.31. The quantitative estimate of drug-likeness (QED) is 0.199. The second kappa shape index (κ2) is 10.3. The van der Waals surface area contributed by atoms with Crippen molar-refractivity contribution in [1.29, 1.82) is 0 Å². The first kappa shape index (κ1) is 22.5. The molecule has 0 saturated carbocycles. The number of carbonyl (C=O) groups is 1. The fourth-order valence-corrected chi connectivity index (χ4v) is 4.03. The van der Waals surface area contributed by atoms with Gasteiger partial charge in [-0.1, -0.05) is 62.0 Å². The van der Waals surface area contributed by atoms with Crippen LogP contribution in [0.1, 0.15) is 36.5 Å². The molecule has 0 aliphatic carbocycles. The van der Waals surface area contributed by atoms with Gasteiger partial charge in [0, 0.05) is 12.0 Å². The summed E-state index contributed by atoms with van der Waals surface area (Å²) in [5.74, 6) is 5.66. The van der Waals surface area contributed by atoms with Crippen molar-refractivity contribution in [3.8, 4) is 11.5 Å². The van der Waals surface area contributed by atoms with E-state index in [4.69, 9.17) is 10.3 Å². The molecule has 3 N–H and O–H groups in total. The number of nitrogens with two attached hydrogens (primary N) is 1. The van der Waals surface area contributed by atoms with E-state index in [1.54, 1.807) is 0 Å². The molecule has 33 heavy (non-hydrogen) atoms. The van der Waals surface area contributed by atoms with Gasteiger partial charge in [0.2, 0.25) is 11.8 Å². The number of allylic oxidation sites excluding steroid dienone is 1. The smallest absolute Gasteiger partial charge is 0.234 e. The Balaban J connectivity index is 1.49. The Hall–Kier alpha value is -3.70. The predicted molar refractivity (Wildman–Crippen MR) is 133 cm³/mol. The molecule has 1 atom stereocenters. The average molecular weight is 440 g/mol. The zero-order valence-electron chi connectivity index (χ0n) is 18.9. The molecule has 0 fully saturated rings. The molecule has 1 aromatic heterocycles. The largest absolute Gasteiger partial charge is 0.436 e. The van der Waals surface area contributed by atoms with E-state index in [1.165, 1.54) is 11.1 Å². The first-order valence-electron chi connectivity index (χ1n) is 11.3. The van der Waals surface area contributed by atoms with Crippen LogP contribution in [0.2, 0.25) is 0 Å². The summed E-state index contributed by atoms with van der Waals surface area (Å²) >= 11 is 0. The van der Waals surface area contributed by atoms with Crippen molar-refractivity contribution in [2.45, 2.75) is 32.6 Å². The van der Waals surface area contributed by atoms with Crippen LogP contribution in [0.15, 0.2) is 83.8 Å². The van der Waals surface area contributed by atoms with Crippen LogP contribution in [0, 0.1) is 5.92 Å². The van der Waals surface area contributed by atoms with E-state index < -0.39 is 0 Å². The molecule has 4 aromatic rings. The number of oxazole rings is 1. The molecule has 0 saturated heterocycles. The van der Waals surface area contributed by atoms with Gasteiger partial charge >= 0.3 is 0 Å². The number of hydrogen-bond donors (Lipinski definition) is 2. The Kier molecular flexibility index (Phi) is 7.01. The van der Waals surface area contributed by atoms with Gasteiger partial charge in [-0.2, -0.15) is 0 Å². The lowest BCUT2D eigenvalue weighted by molar-refractivity contribution is -0.121. The first-order valence-corrected chi connectivity index (χ1v) is 11.3. The van der Waals surface area contributed by atoms with Gasteiger partial charge in [-0.3, -0.25) is 10.2 Å². The number of amides is 1. The number of hydrogen-bond acceptors (Lipinski definition) is 4. The van der Waals surface area contributed by atoms with E-state index in [0.717, 1.165) is 41.5 Å². The zero-order valence-corrected chi connectivity index (χ0v) is 18.9. The maximum absolute atomic E-state index is 11.7. The van der Waals surface area contributed by atoms with Crippen molar-refractivity contribution in [3.05, 3.63) is 96.1 Å². The standard InChI is InChI=1S/C28H29N3O2/c1-3-22(18-27(32)31-29)19(2)24-15-16-25-26(17-24)33-28(30-25)23-13-11-21(12-14-23)10-9-20-7-5-4-6-8-20/h4-8,11-17,22H,2-3,9-10,18,29H2,1H3,(H,31,32). The number of rotatable bonds is 9. The fraction of sp³-hybridized carbons (Fsp3) is 0.214. The Morgan fingerprint density at radius 3 is 2.39 bits per heavy atom. The van der Waals surface area contributed by atoms with E-state index in [-0.39, 0.29) is 11.8 Å². The third-order valence-corrected chi connectivity index (χ3v) is 6.08. The normalized spacial score (nSPS) is 11.9. The van der Waals surface area contributed by atoms with Crippen LogP contribution in [0.5, 0.6) is 0 Å². The zero-order chi connectivity index (χ0) is 23.2. The SMILES string of the molecule is C=C(c1ccc2nc(-c3ccc(CCc4ccccc4)cc3)oc2c1)C(CC)CC(=O)NN. The Bertz CT molecular complexity index is 1240. The van der Waals surface area contributed by atoms with Gasteiger partial charge in [0.1, 0.15) is 5.52 Å². The van der Waals surface area contributed by atoms with Gasteiger partial charge < -0.3 is 4.42 Å². The van der Waals surface area contributed by atoms with Crippen LogP contribution in [0.3, 0.4) is 0 Å². The molecule has 1 unspecified atom stereocenters. The molecule has 0 aliphatic rings. The molecule has 1 amide bonds. The minimum Gasteiger partial charge on any atom is -0.436 e. The van der Waals surface area contributed by atoms with Crippen LogP contribution in [0.25, 0.3) is 28.1 Å². The summed E-state index contributed by atoms with van der Waals surface area (Å²) in [5.41, 5.74) is 9.10. The summed E-state index contributed by atoms with van der Waals surface area (Å²) in [4.78, 5) is 16.4. The maximum atomic E-state index is 11.7. The summed E-state index contributed by atoms with van der Waals surface area (Å²) in [5, 5.41) is 0. The monoisotopic (exact) mass is 439 g/mol. The van der Waals surface area contributed by atoms with Gasteiger partial charge in [-0.15, -0.1) is 0 Å². The van der Waals surface area contributed by atoms with E-state index in [2.05, 4.69) is 65.5 Å². The van der Waals surface area contributed by atoms with Crippen LogP contribution < -0.4 is 11.3 Å². The van der Waals surface area contributed by atoms with Crippen LogP contribution >= 0.6 is 0 Å². The minimum absolute atomic E-state index is 0.0109. The van der Waals surface area contributed by atoms with Gasteiger partial charge in [-0.25, -0.2) is 10.8 Å². The first-order chi connectivity index (χ1) is 16.1. The third-order valence-electron chi connectivity index (χ3n) is 6.08. The maximum Gasteiger partial charge on any atom is 0.234 e. The lowest BCUT2D eigenvalue weighted by Crippen LogP contribution is -2.31. The molecule has 0 radical (unpaired) electrons. The number of carbonyl (C=O) groups excluding carboxylic acids is 1. The van der Waals surface area contributed by atoms with Crippen molar-refractivity contribution < 1.29 is 9.21 Å². The number of benzene rings is 3. The summed E-state index contributed by atoms with van der Waals surface area (Å²) in [6.45, 7) is 6.26. The topological polar surface area (TPSA) is 81.2 Å². The van der Waals surface area contributed by atoms with Crippen molar-refractivity contribution in [3.63, 3.8) is 0 Å². The lowest BCUT2D eigenvalue weighted by atomic mass is 9.89. The molecule has 5 nitrogen and oxygen atoms in total. The predicted octanol–water partition coefficient (Wildman–Crippen LogP) is 5.70. The molecule has 0 bridgehead atoms. The van der Waals surface area contributed by atoms with Crippen molar-refractivity contribution in [2.75, 3.05) is 0 Å². The second-order valence-corrected chi connectivity index (χ2v) is 8.29. The average Bonchev–Trinajstić information content (AvgIpc) is 3.30. The fourth-order valence-electron chi connectivity index (χ4n) is 4.03. The van der Waals surface area contributed by atoms with Crippen LogP contribution in [-0.2, 0) is 17.6 Å². The molecule has 3 aromatic carbocycles. The second-order valence-electron chi connectivity index (χ2n) is 8.29. The van der Waals surface area contributed by atoms with Crippen molar-refractivity contribution in [2.24, 2.45) is 11.8 Å². The number of nitrogens with one attached hydrogen (secondary N) is 1. The van der Waals surface area contributed by atoms with Gasteiger partial charge in [0.25, 0.3) is 0 Å². The van der Waals surface area contributed by atoms with E-state index in [0.29, 0.717) is 17.9 Å². The minimum atomic E-state index is -0.196. The van der Waals surface area contributed by atoms with E-state index >= 15 is 0 Å². The van der Waals surface area contributed by atoms with Crippen LogP contribution in [-0.4, -0.2) is 10.9 Å². The highest BCUT2D eigenvalue weighted by molar-refractivity contribution is 5.83. The van der Waals surface area contributed by atoms with Gasteiger partial charge in [-0.05, 0) is 71.7 Å². The van der Waals surface area contributed by atoms with Gasteiger partial charge in [0.15, 0.2) is 5.58 Å². The summed E-state index contributed by atoms with van der Waals surface area (Å²) in [6, 6.07) is 24.8. The van der Waals surface area contributed by atoms with E-state index in [1.807, 2.05) is 31.2 Å². The number of hydrazine groups is 1.